The Labute approximate surface area is 90.1 Å². The maximum absolute atomic E-state index is 9.03. The number of H-pyrrole nitrogens is 1. The summed E-state index contributed by atoms with van der Waals surface area (Å²) >= 11 is 3.45. The maximum atomic E-state index is 9.03. The van der Waals surface area contributed by atoms with E-state index in [-0.39, 0.29) is 12.6 Å². The van der Waals surface area contributed by atoms with Gasteiger partial charge in [0.2, 0.25) is 0 Å². The molecule has 3 nitrogen and oxygen atoms in total. The van der Waals surface area contributed by atoms with Crippen LogP contribution < -0.4 is 5.73 Å². The number of aliphatic hydroxyl groups is 1. The topological polar surface area (TPSA) is 62.0 Å². The van der Waals surface area contributed by atoms with Crippen LogP contribution in [0.5, 0.6) is 0 Å². The Kier molecular flexibility index (Phi) is 2.58. The Morgan fingerprint density at radius 2 is 2.29 bits per heavy atom. The second-order valence-electron chi connectivity index (χ2n) is 3.20. The summed E-state index contributed by atoms with van der Waals surface area (Å²) in [6, 6.07) is 5.51. The van der Waals surface area contributed by atoms with Gasteiger partial charge in [-0.25, -0.2) is 0 Å². The highest BCUT2D eigenvalue weighted by molar-refractivity contribution is 9.10. The summed E-state index contributed by atoms with van der Waals surface area (Å²) in [4.78, 5) is 3.12. The van der Waals surface area contributed by atoms with Crippen LogP contribution in [0.4, 0.5) is 0 Å². The molecule has 1 unspecified atom stereocenters. The first-order valence-corrected chi connectivity index (χ1v) is 5.15. The van der Waals surface area contributed by atoms with Crippen LogP contribution in [0.2, 0.25) is 0 Å². The first-order valence-electron chi connectivity index (χ1n) is 4.36. The summed E-state index contributed by atoms with van der Waals surface area (Å²) in [5.74, 6) is 0. The quantitative estimate of drug-likeness (QED) is 0.767. The van der Waals surface area contributed by atoms with Gasteiger partial charge in [0.05, 0.1) is 12.6 Å². The molecule has 0 aliphatic heterocycles. The Hall–Kier alpha value is -0.840. The molecule has 0 amide bonds. The standard InChI is InChI=1S/C10H11BrN2O/c11-7-4-13-9-3-1-2-6(10(7)9)8(12)5-14/h1-4,8,13-14H,5,12H2. The number of halogens is 1. The smallest absolute Gasteiger partial charge is 0.0624 e. The fourth-order valence-corrected chi connectivity index (χ4v) is 2.13. The lowest BCUT2D eigenvalue weighted by molar-refractivity contribution is 0.268. The first kappa shape index (κ1) is 9.71. The number of aromatic nitrogens is 1. The first-order chi connectivity index (χ1) is 6.74. The predicted molar refractivity (Wildman–Crippen MR) is 60.0 cm³/mol. The SMILES string of the molecule is NC(CO)c1cccc2[nH]cc(Br)c12. The molecule has 4 heteroatoms. The summed E-state index contributed by atoms with van der Waals surface area (Å²) in [6.07, 6.45) is 1.87. The van der Waals surface area contributed by atoms with E-state index in [0.29, 0.717) is 0 Å². The minimum atomic E-state index is -0.328. The van der Waals surface area contributed by atoms with Crippen LogP contribution in [0, 0.1) is 0 Å². The molecule has 0 bridgehead atoms. The Balaban J connectivity index is 2.69. The van der Waals surface area contributed by atoms with Crippen LogP contribution in [0.15, 0.2) is 28.9 Å². The van der Waals surface area contributed by atoms with Crippen molar-refractivity contribution in [1.82, 2.24) is 4.98 Å². The van der Waals surface area contributed by atoms with Gasteiger partial charge in [-0.2, -0.15) is 0 Å². The molecule has 1 aromatic heterocycles. The minimum Gasteiger partial charge on any atom is -0.394 e. The van der Waals surface area contributed by atoms with Crippen LogP contribution in [0.25, 0.3) is 10.9 Å². The third kappa shape index (κ3) is 1.45. The van der Waals surface area contributed by atoms with Crippen molar-refractivity contribution in [3.8, 4) is 0 Å². The number of hydrogen-bond donors (Lipinski definition) is 3. The summed E-state index contributed by atoms with van der Waals surface area (Å²) in [7, 11) is 0. The number of nitrogens with two attached hydrogens (primary N) is 1. The van der Waals surface area contributed by atoms with Crippen molar-refractivity contribution in [3.63, 3.8) is 0 Å². The van der Waals surface area contributed by atoms with Gasteiger partial charge in [-0.15, -0.1) is 0 Å². The molecule has 0 saturated heterocycles. The third-order valence-corrected chi connectivity index (χ3v) is 2.91. The van der Waals surface area contributed by atoms with Crippen molar-refractivity contribution < 1.29 is 5.11 Å². The van der Waals surface area contributed by atoms with Gasteiger partial charge in [0, 0.05) is 21.6 Å². The second-order valence-corrected chi connectivity index (χ2v) is 4.05. The molecule has 74 valence electrons. The van der Waals surface area contributed by atoms with Crippen LogP contribution in [-0.4, -0.2) is 16.7 Å². The van der Waals surface area contributed by atoms with Gasteiger partial charge in [0.25, 0.3) is 0 Å². The second kappa shape index (κ2) is 3.73. The molecular formula is C10H11BrN2O. The van der Waals surface area contributed by atoms with Crippen LogP contribution in [0.3, 0.4) is 0 Å². The van der Waals surface area contributed by atoms with Crippen LogP contribution in [-0.2, 0) is 0 Å². The fraction of sp³-hybridized carbons (Fsp3) is 0.200. The van der Waals surface area contributed by atoms with E-state index in [1.807, 2.05) is 24.4 Å². The average Bonchev–Trinajstić information content (AvgIpc) is 2.59. The Bertz CT molecular complexity index is 452. The lowest BCUT2D eigenvalue weighted by atomic mass is 10.0. The van der Waals surface area contributed by atoms with E-state index in [1.165, 1.54) is 0 Å². The van der Waals surface area contributed by atoms with E-state index < -0.39 is 0 Å². The summed E-state index contributed by atoms with van der Waals surface area (Å²) < 4.78 is 0.979. The van der Waals surface area contributed by atoms with Gasteiger partial charge in [-0.05, 0) is 27.6 Å². The van der Waals surface area contributed by atoms with Gasteiger partial charge in [-0.1, -0.05) is 12.1 Å². The van der Waals surface area contributed by atoms with E-state index in [4.69, 9.17) is 10.8 Å². The maximum Gasteiger partial charge on any atom is 0.0624 e. The lowest BCUT2D eigenvalue weighted by Crippen LogP contribution is -2.14. The van der Waals surface area contributed by atoms with Crippen molar-refractivity contribution in [2.24, 2.45) is 5.73 Å². The van der Waals surface area contributed by atoms with Crippen molar-refractivity contribution in [3.05, 3.63) is 34.4 Å². The summed E-state index contributed by atoms with van der Waals surface area (Å²) in [6.45, 7) is -0.0449. The normalized spacial score (nSPS) is 13.4. The van der Waals surface area contributed by atoms with E-state index in [1.54, 1.807) is 0 Å². The minimum absolute atomic E-state index is 0.0449. The molecule has 2 aromatic rings. The summed E-state index contributed by atoms with van der Waals surface area (Å²) in [5, 5.41) is 10.1. The summed E-state index contributed by atoms with van der Waals surface area (Å²) in [5.41, 5.74) is 7.79. The van der Waals surface area contributed by atoms with Gasteiger partial charge < -0.3 is 15.8 Å². The molecule has 14 heavy (non-hydrogen) atoms. The van der Waals surface area contributed by atoms with Crippen molar-refractivity contribution in [2.75, 3.05) is 6.61 Å². The Morgan fingerprint density at radius 1 is 1.50 bits per heavy atom. The van der Waals surface area contributed by atoms with E-state index in [0.717, 1.165) is 20.9 Å². The predicted octanol–water partition coefficient (Wildman–Crippen LogP) is 1.92. The zero-order valence-corrected chi connectivity index (χ0v) is 9.08. The molecule has 0 saturated carbocycles. The number of rotatable bonds is 2. The fourth-order valence-electron chi connectivity index (χ4n) is 1.58. The molecule has 2 rings (SSSR count). The molecular weight excluding hydrogens is 244 g/mol. The molecule has 4 N–H and O–H groups in total. The number of fused-ring (bicyclic) bond motifs is 1. The van der Waals surface area contributed by atoms with Gasteiger partial charge >= 0.3 is 0 Å². The number of hydrogen-bond acceptors (Lipinski definition) is 2. The van der Waals surface area contributed by atoms with Gasteiger partial charge in [0.1, 0.15) is 0 Å². The Morgan fingerprint density at radius 3 is 3.00 bits per heavy atom. The van der Waals surface area contributed by atoms with Gasteiger partial charge in [0.15, 0.2) is 0 Å². The number of aliphatic hydroxyl groups excluding tert-OH is 1. The van der Waals surface area contributed by atoms with Crippen molar-refractivity contribution in [2.45, 2.75) is 6.04 Å². The van der Waals surface area contributed by atoms with Gasteiger partial charge in [-0.3, -0.25) is 0 Å². The molecule has 0 aliphatic rings. The molecule has 0 spiro atoms. The number of aromatic amines is 1. The highest BCUT2D eigenvalue weighted by atomic mass is 79.9. The van der Waals surface area contributed by atoms with E-state index in [2.05, 4.69) is 20.9 Å². The molecule has 1 atom stereocenters. The van der Waals surface area contributed by atoms with E-state index in [9.17, 15) is 0 Å². The molecule has 1 heterocycles. The van der Waals surface area contributed by atoms with E-state index >= 15 is 0 Å². The average molecular weight is 255 g/mol. The molecule has 1 aromatic carbocycles. The van der Waals surface area contributed by atoms with Crippen molar-refractivity contribution in [1.29, 1.82) is 0 Å². The number of nitrogens with one attached hydrogen (secondary N) is 1. The number of benzene rings is 1. The van der Waals surface area contributed by atoms with Crippen LogP contribution >= 0.6 is 15.9 Å². The third-order valence-electron chi connectivity index (χ3n) is 2.29. The molecule has 0 radical (unpaired) electrons. The molecule has 0 fully saturated rings. The zero-order chi connectivity index (χ0) is 10.1. The lowest BCUT2D eigenvalue weighted by Gasteiger charge is -2.10. The highest BCUT2D eigenvalue weighted by Gasteiger charge is 2.11. The largest absolute Gasteiger partial charge is 0.394 e. The monoisotopic (exact) mass is 254 g/mol. The highest BCUT2D eigenvalue weighted by Crippen LogP contribution is 2.29. The van der Waals surface area contributed by atoms with Crippen LogP contribution in [0.1, 0.15) is 11.6 Å². The van der Waals surface area contributed by atoms with Crippen molar-refractivity contribution >= 4 is 26.8 Å². The molecule has 0 aliphatic carbocycles. The zero-order valence-electron chi connectivity index (χ0n) is 7.50.